The standard InChI is InChI=1S/C24H23BrN2O2S/c1-16-8-10-21(17(2)14-16)26-24(30)27-23(28)19-9-11-22(20(25)15-19)29-13-12-18-6-4-3-5-7-18/h3-11,14-15H,12-13H2,1-2H3,(H2,26,27,28,30). The third-order valence-corrected chi connectivity index (χ3v) is 5.37. The summed E-state index contributed by atoms with van der Waals surface area (Å²) < 4.78 is 6.56. The molecule has 0 radical (unpaired) electrons. The molecule has 0 saturated heterocycles. The first kappa shape index (κ1) is 22.0. The molecule has 3 rings (SSSR count). The van der Waals surface area contributed by atoms with Crippen LogP contribution in [-0.4, -0.2) is 17.6 Å². The maximum Gasteiger partial charge on any atom is 0.257 e. The SMILES string of the molecule is Cc1ccc(NC(=S)NC(=O)c2ccc(OCCc3ccccc3)c(Br)c2)c(C)c1. The molecule has 0 bridgehead atoms. The lowest BCUT2D eigenvalue weighted by molar-refractivity contribution is 0.0977. The molecule has 4 nitrogen and oxygen atoms in total. The second-order valence-electron chi connectivity index (χ2n) is 6.96. The Kier molecular flexibility index (Phi) is 7.60. The van der Waals surface area contributed by atoms with Gasteiger partial charge in [-0.1, -0.05) is 48.0 Å². The van der Waals surface area contributed by atoms with Crippen LogP contribution in [0, 0.1) is 13.8 Å². The largest absolute Gasteiger partial charge is 0.492 e. The molecule has 0 fully saturated rings. The fourth-order valence-corrected chi connectivity index (χ4v) is 3.66. The summed E-state index contributed by atoms with van der Waals surface area (Å²) in [6.45, 7) is 4.58. The van der Waals surface area contributed by atoms with Crippen LogP contribution in [0.15, 0.2) is 71.2 Å². The van der Waals surface area contributed by atoms with Gasteiger partial charge in [0.2, 0.25) is 0 Å². The van der Waals surface area contributed by atoms with Crippen LogP contribution in [-0.2, 0) is 6.42 Å². The van der Waals surface area contributed by atoms with Gasteiger partial charge in [-0.05, 0) is 77.4 Å². The van der Waals surface area contributed by atoms with Crippen molar-refractivity contribution in [3.63, 3.8) is 0 Å². The van der Waals surface area contributed by atoms with Crippen LogP contribution in [0.3, 0.4) is 0 Å². The average Bonchev–Trinajstić information content (AvgIpc) is 2.72. The Hall–Kier alpha value is -2.70. The molecule has 0 aromatic heterocycles. The number of thiocarbonyl (C=S) groups is 1. The van der Waals surface area contributed by atoms with Crippen LogP contribution in [0.25, 0.3) is 0 Å². The number of aryl methyl sites for hydroxylation is 2. The van der Waals surface area contributed by atoms with Gasteiger partial charge in [-0.25, -0.2) is 0 Å². The Morgan fingerprint density at radius 2 is 1.80 bits per heavy atom. The average molecular weight is 483 g/mol. The lowest BCUT2D eigenvalue weighted by atomic mass is 10.1. The van der Waals surface area contributed by atoms with Crippen molar-refractivity contribution < 1.29 is 9.53 Å². The highest BCUT2D eigenvalue weighted by atomic mass is 79.9. The number of carbonyl (C=O) groups excluding carboxylic acids is 1. The first-order chi connectivity index (χ1) is 14.4. The lowest BCUT2D eigenvalue weighted by Gasteiger charge is -2.13. The minimum absolute atomic E-state index is 0.256. The third-order valence-electron chi connectivity index (χ3n) is 4.54. The van der Waals surface area contributed by atoms with E-state index in [1.54, 1.807) is 18.2 Å². The minimum Gasteiger partial charge on any atom is -0.492 e. The molecule has 154 valence electrons. The van der Waals surface area contributed by atoms with E-state index in [0.717, 1.165) is 22.1 Å². The Labute approximate surface area is 190 Å². The van der Waals surface area contributed by atoms with E-state index >= 15 is 0 Å². The molecule has 0 heterocycles. The van der Waals surface area contributed by atoms with Gasteiger partial charge in [0.25, 0.3) is 5.91 Å². The number of rotatable bonds is 6. The van der Waals surface area contributed by atoms with Gasteiger partial charge < -0.3 is 10.1 Å². The van der Waals surface area contributed by atoms with Crippen molar-refractivity contribution in [2.45, 2.75) is 20.3 Å². The van der Waals surface area contributed by atoms with E-state index < -0.39 is 0 Å². The van der Waals surface area contributed by atoms with Gasteiger partial charge >= 0.3 is 0 Å². The van der Waals surface area contributed by atoms with Crippen molar-refractivity contribution in [1.29, 1.82) is 0 Å². The highest BCUT2D eigenvalue weighted by molar-refractivity contribution is 9.10. The highest BCUT2D eigenvalue weighted by Crippen LogP contribution is 2.26. The van der Waals surface area contributed by atoms with Gasteiger partial charge in [0.15, 0.2) is 5.11 Å². The number of benzene rings is 3. The van der Waals surface area contributed by atoms with Gasteiger partial charge in [0, 0.05) is 17.7 Å². The molecule has 0 aliphatic heterocycles. The Morgan fingerprint density at radius 3 is 2.50 bits per heavy atom. The monoisotopic (exact) mass is 482 g/mol. The third kappa shape index (κ3) is 6.15. The van der Waals surface area contributed by atoms with Crippen LogP contribution in [0.4, 0.5) is 5.69 Å². The summed E-state index contributed by atoms with van der Waals surface area (Å²) in [5.74, 6) is 0.410. The molecule has 0 aliphatic rings. The second kappa shape index (κ2) is 10.4. The molecular formula is C24H23BrN2O2S. The van der Waals surface area contributed by atoms with E-state index in [-0.39, 0.29) is 11.0 Å². The first-order valence-corrected chi connectivity index (χ1v) is 10.8. The number of anilines is 1. The second-order valence-corrected chi connectivity index (χ2v) is 8.22. The summed E-state index contributed by atoms with van der Waals surface area (Å²) in [4.78, 5) is 12.5. The maximum atomic E-state index is 12.5. The summed E-state index contributed by atoms with van der Waals surface area (Å²) in [6, 6.07) is 21.4. The number of amides is 1. The van der Waals surface area contributed by atoms with Crippen LogP contribution >= 0.6 is 28.1 Å². The summed E-state index contributed by atoms with van der Waals surface area (Å²) in [5, 5.41) is 6.04. The normalized spacial score (nSPS) is 10.4. The molecule has 2 N–H and O–H groups in total. The number of ether oxygens (including phenoxy) is 1. The molecule has 0 aliphatic carbocycles. The number of nitrogens with one attached hydrogen (secondary N) is 2. The smallest absolute Gasteiger partial charge is 0.257 e. The van der Waals surface area contributed by atoms with E-state index in [2.05, 4.69) is 44.8 Å². The maximum absolute atomic E-state index is 12.5. The number of carbonyl (C=O) groups is 1. The summed E-state index contributed by atoms with van der Waals surface area (Å²) in [6.07, 6.45) is 0.813. The fraction of sp³-hybridized carbons (Fsp3) is 0.167. The molecular weight excluding hydrogens is 460 g/mol. The van der Waals surface area contributed by atoms with Gasteiger partial charge in [-0.3, -0.25) is 10.1 Å². The van der Waals surface area contributed by atoms with Gasteiger partial charge in [-0.15, -0.1) is 0 Å². The molecule has 6 heteroatoms. The molecule has 3 aromatic carbocycles. The summed E-state index contributed by atoms with van der Waals surface area (Å²) in [7, 11) is 0. The zero-order valence-electron chi connectivity index (χ0n) is 16.9. The number of halogens is 1. The van der Waals surface area contributed by atoms with Gasteiger partial charge in [0.05, 0.1) is 11.1 Å². The predicted molar refractivity (Wildman–Crippen MR) is 129 cm³/mol. The molecule has 3 aromatic rings. The first-order valence-electron chi connectivity index (χ1n) is 9.58. The van der Waals surface area contributed by atoms with Crippen molar-refractivity contribution in [2.75, 3.05) is 11.9 Å². The van der Waals surface area contributed by atoms with Gasteiger partial charge in [0.1, 0.15) is 5.75 Å². The zero-order valence-corrected chi connectivity index (χ0v) is 19.3. The molecule has 0 unspecified atom stereocenters. The van der Waals surface area contributed by atoms with E-state index in [9.17, 15) is 4.79 Å². The molecule has 30 heavy (non-hydrogen) atoms. The van der Waals surface area contributed by atoms with Crippen LogP contribution in [0.2, 0.25) is 0 Å². The van der Waals surface area contributed by atoms with E-state index in [1.165, 1.54) is 11.1 Å². The van der Waals surface area contributed by atoms with Crippen molar-refractivity contribution in [1.82, 2.24) is 5.32 Å². The molecule has 0 atom stereocenters. The molecule has 0 spiro atoms. The molecule has 0 saturated carbocycles. The number of hydrogen-bond acceptors (Lipinski definition) is 3. The van der Waals surface area contributed by atoms with E-state index in [1.807, 2.05) is 44.2 Å². The lowest BCUT2D eigenvalue weighted by Crippen LogP contribution is -2.34. The Morgan fingerprint density at radius 1 is 1.03 bits per heavy atom. The van der Waals surface area contributed by atoms with Crippen molar-refractivity contribution in [3.8, 4) is 5.75 Å². The fourth-order valence-electron chi connectivity index (χ4n) is 2.97. The number of hydrogen-bond donors (Lipinski definition) is 2. The van der Waals surface area contributed by atoms with Crippen molar-refractivity contribution >= 4 is 44.9 Å². The van der Waals surface area contributed by atoms with E-state index in [4.69, 9.17) is 17.0 Å². The predicted octanol–water partition coefficient (Wildman–Crippen LogP) is 5.81. The van der Waals surface area contributed by atoms with Gasteiger partial charge in [-0.2, -0.15) is 0 Å². The highest BCUT2D eigenvalue weighted by Gasteiger charge is 2.12. The van der Waals surface area contributed by atoms with E-state index in [0.29, 0.717) is 17.9 Å². The molecule has 1 amide bonds. The Bertz CT molecular complexity index is 1050. The summed E-state index contributed by atoms with van der Waals surface area (Å²) >= 11 is 8.77. The van der Waals surface area contributed by atoms with Crippen molar-refractivity contribution in [3.05, 3.63) is 93.5 Å². The van der Waals surface area contributed by atoms with Crippen LogP contribution in [0.1, 0.15) is 27.0 Å². The summed E-state index contributed by atoms with van der Waals surface area (Å²) in [5.41, 5.74) is 4.81. The topological polar surface area (TPSA) is 50.4 Å². The van der Waals surface area contributed by atoms with Crippen molar-refractivity contribution in [2.24, 2.45) is 0 Å². The van der Waals surface area contributed by atoms with Crippen LogP contribution in [0.5, 0.6) is 5.75 Å². The zero-order chi connectivity index (χ0) is 21.5. The Balaban J connectivity index is 1.55. The quantitative estimate of drug-likeness (QED) is 0.435. The van der Waals surface area contributed by atoms with Crippen LogP contribution < -0.4 is 15.4 Å². The minimum atomic E-state index is -0.284.